The summed E-state index contributed by atoms with van der Waals surface area (Å²) in [5.74, 6) is 0. The van der Waals surface area contributed by atoms with E-state index >= 15 is 0 Å². The number of nitrogens with one attached hydrogen (secondary N) is 1. The molecule has 2 aromatic carbocycles. The molecule has 0 atom stereocenters. The van der Waals surface area contributed by atoms with Gasteiger partial charge < -0.3 is 5.32 Å². The zero-order valence-electron chi connectivity index (χ0n) is 12.2. The summed E-state index contributed by atoms with van der Waals surface area (Å²) in [6, 6.07) is 9.40. The van der Waals surface area contributed by atoms with Crippen LogP contribution in [0.2, 0.25) is 5.02 Å². The monoisotopic (exact) mass is 304 g/mol. The first-order valence-corrected chi connectivity index (χ1v) is 7.01. The summed E-state index contributed by atoms with van der Waals surface area (Å²) in [6.07, 6.45) is 0. The Labute approximate surface area is 128 Å². The van der Waals surface area contributed by atoms with Crippen molar-refractivity contribution in [2.24, 2.45) is 0 Å². The zero-order chi connectivity index (χ0) is 15.6. The van der Waals surface area contributed by atoms with Crippen molar-refractivity contribution in [3.63, 3.8) is 0 Å². The molecule has 2 rings (SSSR count). The lowest BCUT2D eigenvalue weighted by molar-refractivity contribution is -0.384. The molecule has 0 bridgehead atoms. The maximum Gasteiger partial charge on any atom is 0.288 e. The highest BCUT2D eigenvalue weighted by Gasteiger charge is 2.14. The molecule has 0 amide bonds. The summed E-state index contributed by atoms with van der Waals surface area (Å²) in [4.78, 5) is 10.4. The van der Waals surface area contributed by atoms with Crippen LogP contribution in [-0.4, -0.2) is 4.92 Å². The summed E-state index contributed by atoms with van der Waals surface area (Å²) in [5, 5.41) is 14.3. The highest BCUT2D eigenvalue weighted by molar-refractivity contribution is 6.33. The zero-order valence-corrected chi connectivity index (χ0v) is 13.0. The second-order valence-electron chi connectivity index (χ2n) is 5.16. The number of nitro benzene ring substituents is 1. The number of hydrogen-bond donors (Lipinski definition) is 1. The third-order valence-corrected chi connectivity index (χ3v) is 3.77. The number of anilines is 1. The van der Waals surface area contributed by atoms with Gasteiger partial charge in [-0.3, -0.25) is 10.1 Å². The topological polar surface area (TPSA) is 55.2 Å². The molecular formula is C16H17ClN2O2. The summed E-state index contributed by atoms with van der Waals surface area (Å²) < 4.78 is 0. The summed E-state index contributed by atoms with van der Waals surface area (Å²) in [5.41, 5.74) is 5.16. The van der Waals surface area contributed by atoms with Gasteiger partial charge in [0, 0.05) is 18.3 Å². The molecule has 21 heavy (non-hydrogen) atoms. The lowest BCUT2D eigenvalue weighted by Gasteiger charge is -2.12. The van der Waals surface area contributed by atoms with Crippen molar-refractivity contribution in [1.29, 1.82) is 0 Å². The Bertz CT molecular complexity index is 699. The van der Waals surface area contributed by atoms with E-state index in [1.54, 1.807) is 6.07 Å². The van der Waals surface area contributed by atoms with E-state index in [1.807, 2.05) is 6.92 Å². The third kappa shape index (κ3) is 3.52. The van der Waals surface area contributed by atoms with Crippen LogP contribution < -0.4 is 5.32 Å². The number of hydrogen-bond acceptors (Lipinski definition) is 3. The van der Waals surface area contributed by atoms with Crippen molar-refractivity contribution >= 4 is 23.0 Å². The van der Waals surface area contributed by atoms with Gasteiger partial charge in [-0.25, -0.2) is 0 Å². The Morgan fingerprint density at radius 2 is 1.86 bits per heavy atom. The second kappa shape index (κ2) is 6.14. The minimum atomic E-state index is -0.468. The molecule has 0 aromatic heterocycles. The average Bonchev–Trinajstić information content (AvgIpc) is 2.42. The van der Waals surface area contributed by atoms with E-state index in [0.717, 1.165) is 11.3 Å². The van der Waals surface area contributed by atoms with Crippen molar-refractivity contribution in [2.75, 3.05) is 5.32 Å². The molecule has 4 nitrogen and oxygen atoms in total. The molecule has 0 aliphatic heterocycles. The molecule has 5 heteroatoms. The molecule has 1 N–H and O–H groups in total. The van der Waals surface area contributed by atoms with Gasteiger partial charge in [0.2, 0.25) is 0 Å². The molecule has 0 fully saturated rings. The summed E-state index contributed by atoms with van der Waals surface area (Å²) in [6.45, 7) is 6.60. The van der Waals surface area contributed by atoms with Crippen LogP contribution >= 0.6 is 11.6 Å². The minimum absolute atomic E-state index is 0.0635. The number of nitro groups is 1. The van der Waals surface area contributed by atoms with Gasteiger partial charge in [0.25, 0.3) is 5.69 Å². The van der Waals surface area contributed by atoms with Crippen LogP contribution in [0.4, 0.5) is 11.4 Å². The normalized spacial score (nSPS) is 10.5. The van der Waals surface area contributed by atoms with Crippen LogP contribution in [0, 0.1) is 30.9 Å². The van der Waals surface area contributed by atoms with E-state index in [1.165, 1.54) is 22.8 Å². The minimum Gasteiger partial charge on any atom is -0.381 e. The van der Waals surface area contributed by atoms with Crippen molar-refractivity contribution in [3.05, 3.63) is 67.7 Å². The highest BCUT2D eigenvalue weighted by Crippen LogP contribution is 2.30. The van der Waals surface area contributed by atoms with Gasteiger partial charge in [-0.2, -0.15) is 0 Å². The predicted molar refractivity (Wildman–Crippen MR) is 86.1 cm³/mol. The molecule has 0 aliphatic rings. The summed E-state index contributed by atoms with van der Waals surface area (Å²) >= 11 is 5.95. The molecule has 0 saturated heterocycles. The van der Waals surface area contributed by atoms with Crippen molar-refractivity contribution in [1.82, 2.24) is 0 Å². The number of benzene rings is 2. The molecule has 0 aliphatic carbocycles. The molecule has 0 heterocycles. The smallest absolute Gasteiger partial charge is 0.288 e. The fourth-order valence-electron chi connectivity index (χ4n) is 2.18. The van der Waals surface area contributed by atoms with Crippen LogP contribution in [0.25, 0.3) is 0 Å². The van der Waals surface area contributed by atoms with Gasteiger partial charge >= 0.3 is 0 Å². The van der Waals surface area contributed by atoms with Crippen LogP contribution in [0.3, 0.4) is 0 Å². The van der Waals surface area contributed by atoms with E-state index in [4.69, 9.17) is 11.6 Å². The maximum absolute atomic E-state index is 10.8. The maximum atomic E-state index is 10.8. The van der Waals surface area contributed by atoms with E-state index in [0.29, 0.717) is 6.54 Å². The second-order valence-corrected chi connectivity index (χ2v) is 5.57. The Kier molecular flexibility index (Phi) is 4.48. The highest BCUT2D eigenvalue weighted by atomic mass is 35.5. The van der Waals surface area contributed by atoms with Gasteiger partial charge in [0.05, 0.1) is 4.92 Å². The number of halogens is 1. The van der Waals surface area contributed by atoms with Crippen molar-refractivity contribution in [3.8, 4) is 0 Å². The Morgan fingerprint density at radius 1 is 1.14 bits per heavy atom. The first kappa shape index (κ1) is 15.3. The van der Waals surface area contributed by atoms with Gasteiger partial charge in [-0.15, -0.1) is 0 Å². The van der Waals surface area contributed by atoms with Gasteiger partial charge in [0.15, 0.2) is 0 Å². The molecule has 0 unspecified atom stereocenters. The van der Waals surface area contributed by atoms with Crippen LogP contribution in [0.5, 0.6) is 0 Å². The van der Waals surface area contributed by atoms with Crippen LogP contribution in [0.15, 0.2) is 30.3 Å². The third-order valence-electron chi connectivity index (χ3n) is 3.46. The number of rotatable bonds is 4. The van der Waals surface area contributed by atoms with E-state index in [9.17, 15) is 10.1 Å². The number of aryl methyl sites for hydroxylation is 3. The van der Waals surface area contributed by atoms with Gasteiger partial charge in [0.1, 0.15) is 5.02 Å². The standard InChI is InChI=1S/C16H17ClN2O2/c1-10-4-5-11(2)13(6-10)9-18-15-8-14(17)16(19(20)21)7-12(15)3/h4-8,18H,9H2,1-3H3. The average molecular weight is 305 g/mol. The lowest BCUT2D eigenvalue weighted by atomic mass is 10.1. The quantitative estimate of drug-likeness (QED) is 0.653. The van der Waals surface area contributed by atoms with Crippen LogP contribution in [-0.2, 0) is 6.54 Å². The Morgan fingerprint density at radius 3 is 2.52 bits per heavy atom. The van der Waals surface area contributed by atoms with E-state index < -0.39 is 4.92 Å². The Hall–Kier alpha value is -2.07. The van der Waals surface area contributed by atoms with E-state index in [2.05, 4.69) is 37.4 Å². The van der Waals surface area contributed by atoms with E-state index in [-0.39, 0.29) is 10.7 Å². The molecular weight excluding hydrogens is 288 g/mol. The SMILES string of the molecule is Cc1ccc(C)c(CNc2cc(Cl)c([N+](=O)[O-])cc2C)c1. The lowest BCUT2D eigenvalue weighted by Crippen LogP contribution is -2.04. The molecule has 110 valence electrons. The first-order chi connectivity index (χ1) is 9.88. The number of nitrogens with zero attached hydrogens (tertiary/aromatic N) is 1. The first-order valence-electron chi connectivity index (χ1n) is 6.63. The van der Waals surface area contributed by atoms with Gasteiger partial charge in [-0.1, -0.05) is 35.4 Å². The molecule has 0 spiro atoms. The van der Waals surface area contributed by atoms with Crippen LogP contribution in [0.1, 0.15) is 22.3 Å². The molecule has 2 aromatic rings. The molecule has 0 saturated carbocycles. The predicted octanol–water partition coefficient (Wildman–Crippen LogP) is 4.79. The molecule has 0 radical (unpaired) electrons. The fraction of sp³-hybridized carbons (Fsp3) is 0.250. The van der Waals surface area contributed by atoms with Crippen molar-refractivity contribution in [2.45, 2.75) is 27.3 Å². The Balaban J connectivity index is 2.22. The fourth-order valence-corrected chi connectivity index (χ4v) is 2.41. The summed E-state index contributed by atoms with van der Waals surface area (Å²) in [7, 11) is 0. The van der Waals surface area contributed by atoms with Crippen molar-refractivity contribution < 1.29 is 4.92 Å². The largest absolute Gasteiger partial charge is 0.381 e. The van der Waals surface area contributed by atoms with Gasteiger partial charge in [-0.05, 0) is 43.5 Å².